The molecule has 2 rings (SSSR count). The summed E-state index contributed by atoms with van der Waals surface area (Å²) in [5.41, 5.74) is 0.139. The second kappa shape index (κ2) is 7.86. The van der Waals surface area contributed by atoms with Crippen molar-refractivity contribution in [2.45, 2.75) is 32.9 Å². The van der Waals surface area contributed by atoms with Gasteiger partial charge in [0.2, 0.25) is 0 Å². The Kier molecular flexibility index (Phi) is 6.02. The van der Waals surface area contributed by atoms with Crippen LogP contribution in [0.4, 0.5) is 4.79 Å². The van der Waals surface area contributed by atoms with E-state index < -0.39 is 5.60 Å². The number of fused-ring (bicyclic) bond motifs is 1. The number of hydrogen-bond acceptors (Lipinski definition) is 5. The van der Waals surface area contributed by atoms with Gasteiger partial charge in [-0.2, -0.15) is 0 Å². The van der Waals surface area contributed by atoms with Crippen molar-refractivity contribution in [2.24, 2.45) is 7.05 Å². The van der Waals surface area contributed by atoms with Crippen LogP contribution in [0, 0.1) is 0 Å². The topological polar surface area (TPSA) is 67.7 Å². The molecule has 1 amide bonds. The van der Waals surface area contributed by atoms with E-state index in [0.717, 1.165) is 0 Å². The van der Waals surface area contributed by atoms with Crippen LogP contribution < -0.4 is 5.56 Å². The molecule has 1 aromatic carbocycles. The first-order valence-electron chi connectivity index (χ1n) is 8.66. The van der Waals surface area contributed by atoms with Crippen LogP contribution in [0.5, 0.6) is 0 Å². The van der Waals surface area contributed by atoms with Gasteiger partial charge in [0.15, 0.2) is 0 Å². The maximum atomic E-state index is 12.5. The Labute approximate surface area is 154 Å². The minimum absolute atomic E-state index is 0.0510. The van der Waals surface area contributed by atoms with E-state index in [0.29, 0.717) is 36.4 Å². The lowest BCUT2D eigenvalue weighted by Gasteiger charge is -2.26. The van der Waals surface area contributed by atoms with Crippen molar-refractivity contribution in [1.82, 2.24) is 19.4 Å². The van der Waals surface area contributed by atoms with Gasteiger partial charge in [-0.3, -0.25) is 14.3 Å². The zero-order chi connectivity index (χ0) is 19.5. The number of hydrogen-bond donors (Lipinski definition) is 0. The first kappa shape index (κ1) is 19.9. The third-order valence-electron chi connectivity index (χ3n) is 4.01. The third-order valence-corrected chi connectivity index (χ3v) is 4.01. The molecular formula is C19H28N4O3. The molecule has 0 spiro atoms. The van der Waals surface area contributed by atoms with Gasteiger partial charge in [-0.15, -0.1) is 0 Å². The number of nitrogens with zero attached hydrogens (tertiary/aromatic N) is 4. The molecule has 26 heavy (non-hydrogen) atoms. The van der Waals surface area contributed by atoms with Crippen molar-refractivity contribution >= 4 is 17.0 Å². The number of benzene rings is 1. The molecule has 0 bridgehead atoms. The highest BCUT2D eigenvalue weighted by molar-refractivity contribution is 5.77. The summed E-state index contributed by atoms with van der Waals surface area (Å²) in [6.07, 6.45) is -0.345. The number of para-hydroxylation sites is 1. The Bertz CT molecular complexity index is 839. The third kappa shape index (κ3) is 5.05. The second-order valence-corrected chi connectivity index (χ2v) is 7.55. The lowest BCUT2D eigenvalue weighted by atomic mass is 10.2. The smallest absolute Gasteiger partial charge is 0.410 e. The van der Waals surface area contributed by atoms with Crippen LogP contribution in [0.3, 0.4) is 0 Å². The van der Waals surface area contributed by atoms with E-state index in [1.54, 1.807) is 29.6 Å². The molecule has 0 saturated carbocycles. The molecule has 1 aromatic heterocycles. The molecule has 0 atom stereocenters. The van der Waals surface area contributed by atoms with E-state index >= 15 is 0 Å². The Balaban J connectivity index is 2.01. The maximum absolute atomic E-state index is 12.5. The van der Waals surface area contributed by atoms with Crippen LogP contribution in [0.1, 0.15) is 26.6 Å². The number of carbonyl (C=O) groups excluding carboxylic acids is 1. The molecule has 1 heterocycles. The average Bonchev–Trinajstić information content (AvgIpc) is 2.55. The molecule has 7 nitrogen and oxygen atoms in total. The first-order chi connectivity index (χ1) is 12.1. The lowest BCUT2D eigenvalue weighted by molar-refractivity contribution is 0.0286. The number of likely N-dealkylation sites (N-methyl/N-ethyl adjacent to an activating group) is 2. The van der Waals surface area contributed by atoms with Gasteiger partial charge < -0.3 is 9.64 Å². The van der Waals surface area contributed by atoms with E-state index in [1.165, 1.54) is 0 Å². The van der Waals surface area contributed by atoms with Crippen molar-refractivity contribution in [2.75, 3.05) is 27.2 Å². The number of ether oxygens (including phenoxy) is 1. The van der Waals surface area contributed by atoms with Crippen LogP contribution in [0.15, 0.2) is 29.1 Å². The first-order valence-corrected chi connectivity index (χ1v) is 8.66. The summed E-state index contributed by atoms with van der Waals surface area (Å²) in [6, 6.07) is 7.34. The summed E-state index contributed by atoms with van der Waals surface area (Å²) in [4.78, 5) is 32.6. The molecule has 142 valence electrons. The molecule has 0 unspecified atom stereocenters. The van der Waals surface area contributed by atoms with Gasteiger partial charge >= 0.3 is 6.09 Å². The quantitative estimate of drug-likeness (QED) is 0.818. The van der Waals surface area contributed by atoms with Gasteiger partial charge in [-0.1, -0.05) is 12.1 Å². The molecule has 0 aliphatic carbocycles. The van der Waals surface area contributed by atoms with Crippen LogP contribution in [0.2, 0.25) is 0 Å². The van der Waals surface area contributed by atoms with Crippen molar-refractivity contribution in [3.63, 3.8) is 0 Å². The highest BCUT2D eigenvalue weighted by atomic mass is 16.6. The van der Waals surface area contributed by atoms with E-state index in [2.05, 4.69) is 4.98 Å². The molecule has 0 N–H and O–H groups in total. The predicted octanol–water partition coefficient (Wildman–Crippen LogP) is 2.23. The highest BCUT2D eigenvalue weighted by Gasteiger charge is 2.19. The van der Waals surface area contributed by atoms with Crippen molar-refractivity contribution in [1.29, 1.82) is 0 Å². The lowest BCUT2D eigenvalue weighted by Crippen LogP contribution is -2.38. The van der Waals surface area contributed by atoms with E-state index in [9.17, 15) is 9.59 Å². The molecule has 0 aliphatic rings. The number of amides is 1. The van der Waals surface area contributed by atoms with Gasteiger partial charge in [0.05, 0.1) is 17.4 Å². The number of aromatic nitrogens is 2. The summed E-state index contributed by atoms with van der Waals surface area (Å²) in [5.74, 6) is 0.691. The van der Waals surface area contributed by atoms with Gasteiger partial charge in [0.25, 0.3) is 5.56 Å². The molecule has 7 heteroatoms. The number of rotatable bonds is 5. The fourth-order valence-corrected chi connectivity index (χ4v) is 2.48. The molecule has 0 aliphatic heterocycles. The van der Waals surface area contributed by atoms with Crippen LogP contribution >= 0.6 is 0 Å². The van der Waals surface area contributed by atoms with E-state index in [4.69, 9.17) is 4.74 Å². The largest absolute Gasteiger partial charge is 0.444 e. The molecular weight excluding hydrogens is 332 g/mol. The van der Waals surface area contributed by atoms with Gasteiger partial charge in [0.1, 0.15) is 11.4 Å². The Morgan fingerprint density at radius 2 is 1.85 bits per heavy atom. The molecule has 0 radical (unpaired) electrons. The molecule has 0 fully saturated rings. The molecule has 2 aromatic rings. The standard InChI is InChI=1S/C19H28N4O3/c1-19(2,3)26-18(25)22(5)12-11-21(4)13-16-20-15-10-8-7-9-14(15)17(24)23(16)6/h7-10H,11-13H2,1-6H3. The SMILES string of the molecule is CN(CCN(C)C(=O)OC(C)(C)C)Cc1nc2ccccc2c(=O)n1C. The van der Waals surface area contributed by atoms with Crippen molar-refractivity contribution in [3.05, 3.63) is 40.4 Å². The zero-order valence-corrected chi connectivity index (χ0v) is 16.4. The predicted molar refractivity (Wildman–Crippen MR) is 102 cm³/mol. The fraction of sp³-hybridized carbons (Fsp3) is 0.526. The summed E-state index contributed by atoms with van der Waals surface area (Å²) in [5, 5.41) is 0.617. The number of carbonyl (C=O) groups is 1. The highest BCUT2D eigenvalue weighted by Crippen LogP contribution is 2.10. The molecule has 0 saturated heterocycles. The maximum Gasteiger partial charge on any atom is 0.410 e. The van der Waals surface area contributed by atoms with Crippen LogP contribution in [-0.2, 0) is 18.3 Å². The minimum atomic E-state index is -0.509. The van der Waals surface area contributed by atoms with Crippen LogP contribution in [0.25, 0.3) is 10.9 Å². The summed E-state index contributed by atoms with van der Waals surface area (Å²) in [6.45, 7) is 7.20. The van der Waals surface area contributed by atoms with E-state index in [1.807, 2.05) is 50.9 Å². The van der Waals surface area contributed by atoms with Gasteiger partial charge in [-0.05, 0) is 40.0 Å². The average molecular weight is 360 g/mol. The van der Waals surface area contributed by atoms with Gasteiger partial charge in [-0.25, -0.2) is 9.78 Å². The normalized spacial score (nSPS) is 11.8. The van der Waals surface area contributed by atoms with Crippen molar-refractivity contribution in [3.8, 4) is 0 Å². The zero-order valence-electron chi connectivity index (χ0n) is 16.4. The van der Waals surface area contributed by atoms with Crippen LogP contribution in [-0.4, -0.2) is 58.2 Å². The minimum Gasteiger partial charge on any atom is -0.444 e. The monoisotopic (exact) mass is 360 g/mol. The Hall–Kier alpha value is -2.41. The Morgan fingerprint density at radius 1 is 1.19 bits per heavy atom. The summed E-state index contributed by atoms with van der Waals surface area (Å²) < 4.78 is 6.92. The summed E-state index contributed by atoms with van der Waals surface area (Å²) >= 11 is 0. The van der Waals surface area contributed by atoms with Crippen molar-refractivity contribution < 1.29 is 9.53 Å². The second-order valence-electron chi connectivity index (χ2n) is 7.55. The fourth-order valence-electron chi connectivity index (χ4n) is 2.48. The van der Waals surface area contributed by atoms with Gasteiger partial charge in [0, 0.05) is 27.2 Å². The van der Waals surface area contributed by atoms with E-state index in [-0.39, 0.29) is 11.7 Å². The Morgan fingerprint density at radius 3 is 2.50 bits per heavy atom. The summed E-state index contributed by atoms with van der Waals surface area (Å²) in [7, 11) is 5.38.